The molecular weight excluding hydrogens is 344 g/mol. The van der Waals surface area contributed by atoms with Gasteiger partial charge in [0.25, 0.3) is 0 Å². The summed E-state index contributed by atoms with van der Waals surface area (Å²) in [6, 6.07) is 0. The van der Waals surface area contributed by atoms with E-state index in [1.54, 1.807) is 0 Å². The highest BCUT2D eigenvalue weighted by Gasteiger charge is 2.42. The van der Waals surface area contributed by atoms with Crippen LogP contribution < -0.4 is 0 Å². The van der Waals surface area contributed by atoms with Gasteiger partial charge in [-0.15, -0.1) is 6.58 Å². The van der Waals surface area contributed by atoms with Crippen LogP contribution in [-0.2, 0) is 19.1 Å². The lowest BCUT2D eigenvalue weighted by Crippen LogP contribution is -2.33. The van der Waals surface area contributed by atoms with E-state index in [2.05, 4.69) is 11.3 Å². The van der Waals surface area contributed by atoms with Crippen LogP contribution in [0.4, 0.5) is 17.6 Å². The average molecular weight is 370 g/mol. The Labute approximate surface area is 145 Å². The summed E-state index contributed by atoms with van der Waals surface area (Å²) in [6.07, 6.45) is 4.21. The SMILES string of the molecule is C=CCCCCCCCCOC(=O)CCC(=O)OCC(F)(F)C(F)F. The number of carbonyl (C=O) groups excluding carboxylic acids is 2. The Hall–Kier alpha value is -1.60. The molecule has 0 aromatic heterocycles. The highest BCUT2D eigenvalue weighted by Crippen LogP contribution is 2.23. The van der Waals surface area contributed by atoms with Crippen molar-refractivity contribution >= 4 is 11.9 Å². The third kappa shape index (κ3) is 13.4. The van der Waals surface area contributed by atoms with E-state index < -0.39 is 37.3 Å². The van der Waals surface area contributed by atoms with Crippen LogP contribution in [0.15, 0.2) is 12.7 Å². The Balaban J connectivity index is 3.57. The first kappa shape index (κ1) is 23.4. The van der Waals surface area contributed by atoms with Crippen molar-refractivity contribution in [1.82, 2.24) is 0 Å². The van der Waals surface area contributed by atoms with Gasteiger partial charge in [-0.25, -0.2) is 8.78 Å². The maximum Gasteiger partial charge on any atom is 0.340 e. The number of hydrogen-bond acceptors (Lipinski definition) is 4. The zero-order valence-electron chi connectivity index (χ0n) is 14.3. The molecule has 0 aliphatic heterocycles. The van der Waals surface area contributed by atoms with Gasteiger partial charge in [-0.2, -0.15) is 8.78 Å². The standard InChI is InChI=1S/C17H26F4O4/c1-2-3-4-5-6-7-8-9-12-24-14(22)10-11-15(23)25-13-17(20,21)16(18)19/h2,16H,1,3-13H2. The number of ether oxygens (including phenoxy) is 2. The molecule has 0 bridgehead atoms. The second-order valence-corrected chi connectivity index (χ2v) is 5.64. The van der Waals surface area contributed by atoms with Crippen LogP contribution >= 0.6 is 0 Å². The third-order valence-corrected chi connectivity index (χ3v) is 3.34. The van der Waals surface area contributed by atoms with Gasteiger partial charge < -0.3 is 9.47 Å². The van der Waals surface area contributed by atoms with Gasteiger partial charge >= 0.3 is 24.3 Å². The first-order valence-electron chi connectivity index (χ1n) is 8.37. The molecule has 0 aliphatic rings. The Bertz CT molecular complexity index is 400. The van der Waals surface area contributed by atoms with E-state index in [-0.39, 0.29) is 13.0 Å². The summed E-state index contributed by atoms with van der Waals surface area (Å²) in [5, 5.41) is 0. The van der Waals surface area contributed by atoms with Crippen molar-refractivity contribution in [2.24, 2.45) is 0 Å². The lowest BCUT2D eigenvalue weighted by atomic mass is 10.1. The summed E-state index contributed by atoms with van der Waals surface area (Å²) in [7, 11) is 0. The first-order chi connectivity index (χ1) is 11.8. The highest BCUT2D eigenvalue weighted by molar-refractivity contribution is 5.77. The molecule has 0 saturated carbocycles. The fourth-order valence-corrected chi connectivity index (χ4v) is 1.87. The predicted molar refractivity (Wildman–Crippen MR) is 84.6 cm³/mol. The number of carbonyl (C=O) groups is 2. The molecule has 4 nitrogen and oxygen atoms in total. The number of esters is 2. The normalized spacial score (nSPS) is 11.4. The molecule has 8 heteroatoms. The molecular formula is C17H26F4O4. The van der Waals surface area contributed by atoms with Crippen LogP contribution in [0, 0.1) is 0 Å². The molecule has 0 amide bonds. The first-order valence-corrected chi connectivity index (χ1v) is 8.37. The summed E-state index contributed by atoms with van der Waals surface area (Å²) in [4.78, 5) is 22.5. The maximum absolute atomic E-state index is 12.5. The molecule has 0 radical (unpaired) electrons. The summed E-state index contributed by atoms with van der Waals surface area (Å²) in [5.74, 6) is -6.18. The zero-order chi connectivity index (χ0) is 19.1. The molecule has 0 atom stereocenters. The van der Waals surface area contributed by atoms with Crippen molar-refractivity contribution in [2.75, 3.05) is 13.2 Å². The zero-order valence-corrected chi connectivity index (χ0v) is 14.3. The summed E-state index contributed by atoms with van der Waals surface area (Å²) >= 11 is 0. The number of unbranched alkanes of at least 4 members (excludes halogenated alkanes) is 6. The van der Waals surface area contributed by atoms with Gasteiger partial charge in [-0.05, 0) is 19.3 Å². The number of alkyl halides is 4. The Morgan fingerprint density at radius 1 is 0.920 bits per heavy atom. The smallest absolute Gasteiger partial charge is 0.340 e. The summed E-state index contributed by atoms with van der Waals surface area (Å²) in [5.41, 5.74) is 0. The molecule has 0 spiro atoms. The van der Waals surface area contributed by atoms with Crippen LogP contribution in [-0.4, -0.2) is 37.5 Å². The highest BCUT2D eigenvalue weighted by atomic mass is 19.3. The van der Waals surface area contributed by atoms with E-state index >= 15 is 0 Å². The molecule has 0 rings (SSSR count). The van der Waals surface area contributed by atoms with E-state index in [0.717, 1.165) is 38.5 Å². The summed E-state index contributed by atoms with van der Waals surface area (Å²) in [6.45, 7) is 2.17. The van der Waals surface area contributed by atoms with Gasteiger partial charge in [0.1, 0.15) is 0 Å². The van der Waals surface area contributed by atoms with Gasteiger partial charge in [-0.3, -0.25) is 9.59 Å². The molecule has 146 valence electrons. The van der Waals surface area contributed by atoms with Gasteiger partial charge in [0.2, 0.25) is 0 Å². The van der Waals surface area contributed by atoms with Gasteiger partial charge in [0, 0.05) is 0 Å². The molecule has 0 saturated heterocycles. The number of rotatable bonds is 15. The minimum atomic E-state index is -4.39. The number of halogens is 4. The fraction of sp³-hybridized carbons (Fsp3) is 0.765. The minimum absolute atomic E-state index is 0.226. The monoisotopic (exact) mass is 370 g/mol. The van der Waals surface area contributed by atoms with Gasteiger partial charge in [-0.1, -0.05) is 31.8 Å². The van der Waals surface area contributed by atoms with Gasteiger partial charge in [0.05, 0.1) is 19.4 Å². The molecule has 0 N–H and O–H groups in total. The van der Waals surface area contributed by atoms with Crippen molar-refractivity contribution in [3.8, 4) is 0 Å². The van der Waals surface area contributed by atoms with E-state index in [4.69, 9.17) is 4.74 Å². The molecule has 0 aromatic carbocycles. The Kier molecular flexibility index (Phi) is 12.8. The fourth-order valence-electron chi connectivity index (χ4n) is 1.87. The summed E-state index contributed by atoms with van der Waals surface area (Å²) < 4.78 is 57.7. The molecule has 0 aromatic rings. The number of hydrogen-bond donors (Lipinski definition) is 0. The third-order valence-electron chi connectivity index (χ3n) is 3.34. The van der Waals surface area contributed by atoms with Crippen LogP contribution in [0.2, 0.25) is 0 Å². The van der Waals surface area contributed by atoms with Crippen molar-refractivity contribution in [3.63, 3.8) is 0 Å². The van der Waals surface area contributed by atoms with Crippen LogP contribution in [0.3, 0.4) is 0 Å². The van der Waals surface area contributed by atoms with Crippen LogP contribution in [0.1, 0.15) is 57.8 Å². The van der Waals surface area contributed by atoms with Crippen molar-refractivity contribution in [3.05, 3.63) is 12.7 Å². The van der Waals surface area contributed by atoms with Crippen molar-refractivity contribution in [1.29, 1.82) is 0 Å². The lowest BCUT2D eigenvalue weighted by Gasteiger charge is -2.14. The van der Waals surface area contributed by atoms with E-state index in [1.165, 1.54) is 0 Å². The Morgan fingerprint density at radius 2 is 1.44 bits per heavy atom. The predicted octanol–water partition coefficient (Wildman–Crippen LogP) is 4.67. The van der Waals surface area contributed by atoms with Crippen molar-refractivity contribution < 1.29 is 36.6 Å². The molecule has 0 aliphatic carbocycles. The molecule has 0 heterocycles. The largest absolute Gasteiger partial charge is 0.466 e. The van der Waals surface area contributed by atoms with Crippen LogP contribution in [0.5, 0.6) is 0 Å². The van der Waals surface area contributed by atoms with Crippen molar-refractivity contribution in [2.45, 2.75) is 70.1 Å². The van der Waals surface area contributed by atoms with E-state index in [0.29, 0.717) is 6.42 Å². The minimum Gasteiger partial charge on any atom is -0.466 e. The molecule has 0 unspecified atom stereocenters. The average Bonchev–Trinajstić information content (AvgIpc) is 2.56. The quantitative estimate of drug-likeness (QED) is 0.182. The molecule has 0 fully saturated rings. The van der Waals surface area contributed by atoms with Gasteiger partial charge in [0.15, 0.2) is 6.61 Å². The second-order valence-electron chi connectivity index (χ2n) is 5.64. The topological polar surface area (TPSA) is 52.6 Å². The Morgan fingerprint density at radius 3 is 2.00 bits per heavy atom. The van der Waals surface area contributed by atoms with E-state index in [9.17, 15) is 27.2 Å². The molecule has 25 heavy (non-hydrogen) atoms. The maximum atomic E-state index is 12.5. The van der Waals surface area contributed by atoms with Crippen LogP contribution in [0.25, 0.3) is 0 Å². The lowest BCUT2D eigenvalue weighted by molar-refractivity contribution is -0.180. The number of allylic oxidation sites excluding steroid dienone is 1. The second kappa shape index (κ2) is 13.7. The van der Waals surface area contributed by atoms with E-state index in [1.807, 2.05) is 6.08 Å².